The number of halogens is 1. The van der Waals surface area contributed by atoms with Crippen LogP contribution in [0.2, 0.25) is 5.15 Å². The molecule has 0 atom stereocenters. The Kier molecular flexibility index (Phi) is 2.15. The first-order chi connectivity index (χ1) is 5.84. The van der Waals surface area contributed by atoms with Crippen molar-refractivity contribution >= 4 is 11.6 Å². The van der Waals surface area contributed by atoms with Crippen LogP contribution in [0.4, 0.5) is 0 Å². The van der Waals surface area contributed by atoms with Crippen LogP contribution in [0, 0.1) is 0 Å². The summed E-state index contributed by atoms with van der Waals surface area (Å²) in [5.74, 6) is 0.566. The first-order valence-electron chi connectivity index (χ1n) is 3.71. The number of aromatic nitrogens is 1. The van der Waals surface area contributed by atoms with Crippen LogP contribution in [0.15, 0.2) is 18.2 Å². The summed E-state index contributed by atoms with van der Waals surface area (Å²) >= 11 is 5.67. The smallest absolute Gasteiger partial charge is 0.215 e. The minimum atomic E-state index is 0.149. The largest absolute Gasteiger partial charge is 0.469 e. The Bertz CT molecular complexity index is 276. The molecule has 0 N–H and O–H groups in total. The molecule has 0 aliphatic carbocycles. The topological polar surface area (TPSA) is 31.4 Å². The summed E-state index contributed by atoms with van der Waals surface area (Å²) < 4.78 is 10.4. The van der Waals surface area contributed by atoms with E-state index in [1.54, 1.807) is 12.1 Å². The standard InChI is InChI=1S/C8H8ClNO2/c9-7-2-1-3-8(10-7)12-6-4-11-5-6/h1-3,6H,4-5H2. The van der Waals surface area contributed by atoms with Crippen molar-refractivity contribution in [2.24, 2.45) is 0 Å². The molecule has 0 aromatic carbocycles. The lowest BCUT2D eigenvalue weighted by atomic mass is 10.3. The van der Waals surface area contributed by atoms with Crippen molar-refractivity contribution in [3.63, 3.8) is 0 Å². The van der Waals surface area contributed by atoms with Gasteiger partial charge in [-0.3, -0.25) is 0 Å². The molecule has 0 spiro atoms. The van der Waals surface area contributed by atoms with E-state index in [2.05, 4.69) is 4.98 Å². The summed E-state index contributed by atoms with van der Waals surface area (Å²) in [4.78, 5) is 3.98. The SMILES string of the molecule is Clc1cccc(OC2COC2)n1. The maximum Gasteiger partial charge on any atom is 0.215 e. The van der Waals surface area contributed by atoms with Gasteiger partial charge in [0.1, 0.15) is 11.3 Å². The Morgan fingerprint density at radius 1 is 1.50 bits per heavy atom. The van der Waals surface area contributed by atoms with Gasteiger partial charge in [0.25, 0.3) is 0 Å². The zero-order valence-electron chi connectivity index (χ0n) is 6.37. The number of nitrogens with zero attached hydrogens (tertiary/aromatic N) is 1. The van der Waals surface area contributed by atoms with E-state index in [4.69, 9.17) is 21.1 Å². The Morgan fingerprint density at radius 2 is 2.33 bits per heavy atom. The molecule has 0 unspecified atom stereocenters. The number of ether oxygens (including phenoxy) is 2. The molecule has 0 saturated carbocycles. The first kappa shape index (κ1) is 7.83. The molecular formula is C8H8ClNO2. The highest BCUT2D eigenvalue weighted by Gasteiger charge is 2.20. The van der Waals surface area contributed by atoms with Crippen LogP contribution in [-0.2, 0) is 4.74 Å². The Labute approximate surface area is 75.3 Å². The number of hydrogen-bond donors (Lipinski definition) is 0. The Hall–Kier alpha value is -0.800. The fourth-order valence-electron chi connectivity index (χ4n) is 0.908. The second-order valence-electron chi connectivity index (χ2n) is 2.58. The molecule has 0 amide bonds. The van der Waals surface area contributed by atoms with Crippen LogP contribution in [0.5, 0.6) is 5.88 Å². The quantitative estimate of drug-likeness (QED) is 0.655. The van der Waals surface area contributed by atoms with Crippen LogP contribution in [0.25, 0.3) is 0 Å². The third-order valence-electron chi connectivity index (χ3n) is 1.58. The molecule has 1 aromatic rings. The number of rotatable bonds is 2. The summed E-state index contributed by atoms with van der Waals surface area (Å²) in [6.45, 7) is 1.29. The molecule has 12 heavy (non-hydrogen) atoms. The summed E-state index contributed by atoms with van der Waals surface area (Å²) in [5, 5.41) is 0.452. The van der Waals surface area contributed by atoms with Crippen LogP contribution in [0.3, 0.4) is 0 Å². The average Bonchev–Trinajstić information content (AvgIpc) is 1.97. The molecule has 2 rings (SSSR count). The maximum absolute atomic E-state index is 5.67. The van der Waals surface area contributed by atoms with E-state index >= 15 is 0 Å². The van der Waals surface area contributed by atoms with E-state index in [9.17, 15) is 0 Å². The molecule has 2 heterocycles. The average molecular weight is 186 g/mol. The second-order valence-corrected chi connectivity index (χ2v) is 2.96. The van der Waals surface area contributed by atoms with Crippen LogP contribution in [-0.4, -0.2) is 24.3 Å². The van der Waals surface area contributed by atoms with E-state index in [1.807, 2.05) is 6.07 Å². The normalized spacial score (nSPS) is 17.1. The number of pyridine rings is 1. The number of hydrogen-bond acceptors (Lipinski definition) is 3. The van der Waals surface area contributed by atoms with Gasteiger partial charge in [-0.15, -0.1) is 0 Å². The summed E-state index contributed by atoms with van der Waals surface area (Å²) in [6.07, 6.45) is 0.149. The molecule has 0 radical (unpaired) electrons. The predicted molar refractivity (Wildman–Crippen MR) is 44.5 cm³/mol. The van der Waals surface area contributed by atoms with Gasteiger partial charge in [-0.05, 0) is 6.07 Å². The molecule has 1 aromatic heterocycles. The minimum absolute atomic E-state index is 0.149. The minimum Gasteiger partial charge on any atom is -0.469 e. The van der Waals surface area contributed by atoms with Gasteiger partial charge in [0.15, 0.2) is 0 Å². The molecule has 64 valence electrons. The molecule has 4 heteroatoms. The van der Waals surface area contributed by atoms with Crippen LogP contribution >= 0.6 is 11.6 Å². The van der Waals surface area contributed by atoms with Gasteiger partial charge in [0.05, 0.1) is 13.2 Å². The summed E-state index contributed by atoms with van der Waals surface area (Å²) in [6, 6.07) is 5.31. The van der Waals surface area contributed by atoms with Crippen molar-refractivity contribution in [2.75, 3.05) is 13.2 Å². The lowest BCUT2D eigenvalue weighted by Gasteiger charge is -2.25. The van der Waals surface area contributed by atoms with E-state index in [0.29, 0.717) is 24.2 Å². The molecular weight excluding hydrogens is 178 g/mol. The van der Waals surface area contributed by atoms with E-state index in [-0.39, 0.29) is 6.10 Å². The zero-order chi connectivity index (χ0) is 8.39. The molecule has 1 aliphatic heterocycles. The van der Waals surface area contributed by atoms with Crippen molar-refractivity contribution in [1.82, 2.24) is 4.98 Å². The van der Waals surface area contributed by atoms with Gasteiger partial charge >= 0.3 is 0 Å². The Balaban J connectivity index is 2.02. The maximum atomic E-state index is 5.67. The summed E-state index contributed by atoms with van der Waals surface area (Å²) in [7, 11) is 0. The van der Waals surface area contributed by atoms with Crippen LogP contribution < -0.4 is 4.74 Å². The molecule has 0 bridgehead atoms. The van der Waals surface area contributed by atoms with Crippen molar-refractivity contribution in [1.29, 1.82) is 0 Å². The Morgan fingerprint density at radius 3 is 2.92 bits per heavy atom. The monoisotopic (exact) mass is 185 g/mol. The third-order valence-corrected chi connectivity index (χ3v) is 1.79. The van der Waals surface area contributed by atoms with Crippen molar-refractivity contribution < 1.29 is 9.47 Å². The van der Waals surface area contributed by atoms with Crippen molar-refractivity contribution in [3.8, 4) is 5.88 Å². The van der Waals surface area contributed by atoms with Crippen molar-refractivity contribution in [3.05, 3.63) is 23.4 Å². The van der Waals surface area contributed by atoms with Gasteiger partial charge in [0, 0.05) is 6.07 Å². The first-order valence-corrected chi connectivity index (χ1v) is 4.09. The van der Waals surface area contributed by atoms with Gasteiger partial charge in [0.2, 0.25) is 5.88 Å². The molecule has 3 nitrogen and oxygen atoms in total. The van der Waals surface area contributed by atoms with E-state index < -0.39 is 0 Å². The van der Waals surface area contributed by atoms with Crippen LogP contribution in [0.1, 0.15) is 0 Å². The second kappa shape index (κ2) is 3.29. The lowest BCUT2D eigenvalue weighted by molar-refractivity contribution is -0.0813. The van der Waals surface area contributed by atoms with Gasteiger partial charge in [-0.25, -0.2) is 4.98 Å². The highest BCUT2D eigenvalue weighted by molar-refractivity contribution is 6.29. The highest BCUT2D eigenvalue weighted by Crippen LogP contribution is 2.15. The summed E-state index contributed by atoms with van der Waals surface area (Å²) in [5.41, 5.74) is 0. The van der Waals surface area contributed by atoms with Crippen molar-refractivity contribution in [2.45, 2.75) is 6.10 Å². The fourth-order valence-corrected chi connectivity index (χ4v) is 1.06. The highest BCUT2D eigenvalue weighted by atomic mass is 35.5. The lowest BCUT2D eigenvalue weighted by Crippen LogP contribution is -2.38. The van der Waals surface area contributed by atoms with Gasteiger partial charge in [-0.2, -0.15) is 0 Å². The van der Waals surface area contributed by atoms with E-state index in [0.717, 1.165) is 0 Å². The third kappa shape index (κ3) is 1.68. The van der Waals surface area contributed by atoms with Gasteiger partial charge in [-0.1, -0.05) is 17.7 Å². The molecule has 1 saturated heterocycles. The predicted octanol–water partition coefficient (Wildman–Crippen LogP) is 1.51. The van der Waals surface area contributed by atoms with Gasteiger partial charge < -0.3 is 9.47 Å². The molecule has 1 fully saturated rings. The van der Waals surface area contributed by atoms with E-state index in [1.165, 1.54) is 0 Å². The fraction of sp³-hybridized carbons (Fsp3) is 0.375. The zero-order valence-corrected chi connectivity index (χ0v) is 7.12. The molecule has 1 aliphatic rings.